The molecule has 0 unspecified atom stereocenters. The first kappa shape index (κ1) is 8.68. The summed E-state index contributed by atoms with van der Waals surface area (Å²) in [5.41, 5.74) is 0.774. The van der Waals surface area contributed by atoms with E-state index in [1.54, 1.807) is 12.1 Å². The van der Waals surface area contributed by atoms with Gasteiger partial charge in [0, 0.05) is 6.07 Å². The van der Waals surface area contributed by atoms with E-state index in [-0.39, 0.29) is 5.82 Å². The molecule has 0 atom stereocenters. The molecule has 14 heavy (non-hydrogen) atoms. The van der Waals surface area contributed by atoms with Crippen LogP contribution in [0.1, 0.15) is 5.69 Å². The lowest BCUT2D eigenvalue weighted by Gasteiger charge is -2.01. The Morgan fingerprint density at radius 2 is 2.29 bits per heavy atom. The summed E-state index contributed by atoms with van der Waals surface area (Å²) in [4.78, 5) is 3.83. The molecule has 2 heterocycles. The summed E-state index contributed by atoms with van der Waals surface area (Å²) in [5.74, 6) is 0.256. The van der Waals surface area contributed by atoms with Crippen LogP contribution in [-0.4, -0.2) is 10.1 Å². The highest BCUT2D eigenvalue weighted by molar-refractivity contribution is 5.33. The molecule has 1 N–H and O–H groups in total. The number of hydrogen-bond acceptors (Lipinski definition) is 4. The fourth-order valence-electron chi connectivity index (χ4n) is 0.990. The molecule has 5 heteroatoms. The molecule has 2 aromatic rings. The Morgan fingerprint density at radius 3 is 2.93 bits per heavy atom. The van der Waals surface area contributed by atoms with Crippen molar-refractivity contribution < 1.29 is 8.91 Å². The number of nitrogens with zero attached hydrogens (tertiary/aromatic N) is 2. The summed E-state index contributed by atoms with van der Waals surface area (Å²) in [6, 6.07) is 4.66. The topological polar surface area (TPSA) is 51.0 Å². The molecule has 0 saturated heterocycles. The fraction of sp³-hybridized carbons (Fsp3) is 0.111. The molecule has 0 amide bonds. The molecule has 4 nitrogen and oxygen atoms in total. The Kier molecular flexibility index (Phi) is 2.40. The molecule has 0 fully saturated rings. The smallest absolute Gasteiger partial charge is 0.141 e. The minimum atomic E-state index is -0.350. The summed E-state index contributed by atoms with van der Waals surface area (Å²) in [5, 5.41) is 6.68. The maximum absolute atomic E-state index is 12.5. The van der Waals surface area contributed by atoms with Crippen molar-refractivity contribution in [2.75, 3.05) is 5.32 Å². The van der Waals surface area contributed by atoms with Crippen molar-refractivity contribution in [2.45, 2.75) is 6.54 Å². The molecule has 72 valence electrons. The number of anilines is 1. The second-order valence-corrected chi connectivity index (χ2v) is 2.71. The third-order valence-electron chi connectivity index (χ3n) is 1.67. The van der Waals surface area contributed by atoms with Crippen molar-refractivity contribution >= 4 is 5.82 Å². The minimum absolute atomic E-state index is 0.350. The second kappa shape index (κ2) is 3.87. The summed E-state index contributed by atoms with van der Waals surface area (Å²) in [7, 11) is 0. The summed E-state index contributed by atoms with van der Waals surface area (Å²) in [6.07, 6.45) is 2.65. The lowest BCUT2D eigenvalue weighted by molar-refractivity contribution is 0.412. The van der Waals surface area contributed by atoms with E-state index < -0.39 is 0 Å². The normalized spacial score (nSPS) is 10.1. The van der Waals surface area contributed by atoms with Crippen molar-refractivity contribution in [3.63, 3.8) is 0 Å². The molecule has 0 spiro atoms. The molecule has 0 bridgehead atoms. The predicted octanol–water partition coefficient (Wildman–Crippen LogP) is 1.82. The Morgan fingerprint density at radius 1 is 1.36 bits per heavy atom. The first-order valence-corrected chi connectivity index (χ1v) is 4.09. The van der Waals surface area contributed by atoms with Gasteiger partial charge in [-0.3, -0.25) is 0 Å². The van der Waals surface area contributed by atoms with Crippen LogP contribution >= 0.6 is 0 Å². The molecular weight excluding hydrogens is 185 g/mol. The third kappa shape index (κ3) is 2.07. The van der Waals surface area contributed by atoms with Crippen molar-refractivity contribution in [3.05, 3.63) is 42.2 Å². The number of halogens is 1. The van der Waals surface area contributed by atoms with Crippen molar-refractivity contribution in [1.82, 2.24) is 10.1 Å². The zero-order valence-corrected chi connectivity index (χ0v) is 7.27. The molecule has 0 aliphatic heterocycles. The van der Waals surface area contributed by atoms with Crippen LogP contribution in [0.4, 0.5) is 10.2 Å². The zero-order valence-electron chi connectivity index (χ0n) is 7.27. The van der Waals surface area contributed by atoms with Gasteiger partial charge in [-0.15, -0.1) is 0 Å². The first-order chi connectivity index (χ1) is 6.84. The van der Waals surface area contributed by atoms with Gasteiger partial charge in [0.25, 0.3) is 0 Å². The van der Waals surface area contributed by atoms with Crippen LogP contribution in [0, 0.1) is 5.82 Å². The van der Waals surface area contributed by atoms with Gasteiger partial charge in [0.15, 0.2) is 0 Å². The second-order valence-electron chi connectivity index (χ2n) is 2.71. The SMILES string of the molecule is Fc1ccc(NCc2ccon2)nc1. The van der Waals surface area contributed by atoms with Gasteiger partial charge in [-0.05, 0) is 12.1 Å². The monoisotopic (exact) mass is 193 g/mol. The lowest BCUT2D eigenvalue weighted by Crippen LogP contribution is -2.01. The van der Waals surface area contributed by atoms with Gasteiger partial charge in [0.05, 0.1) is 12.7 Å². The van der Waals surface area contributed by atoms with E-state index in [2.05, 4.69) is 20.0 Å². The highest BCUT2D eigenvalue weighted by Crippen LogP contribution is 2.05. The van der Waals surface area contributed by atoms with E-state index in [0.29, 0.717) is 12.4 Å². The maximum atomic E-state index is 12.5. The summed E-state index contributed by atoms with van der Waals surface area (Å²) >= 11 is 0. The highest BCUT2D eigenvalue weighted by atomic mass is 19.1. The standard InChI is InChI=1S/C9H8FN3O/c10-7-1-2-9(11-5-7)12-6-8-3-4-14-13-8/h1-5H,6H2,(H,11,12). The van der Waals surface area contributed by atoms with E-state index in [0.717, 1.165) is 11.9 Å². The van der Waals surface area contributed by atoms with Gasteiger partial charge >= 0.3 is 0 Å². The number of nitrogens with one attached hydrogen (secondary N) is 1. The van der Waals surface area contributed by atoms with Crippen LogP contribution in [0.2, 0.25) is 0 Å². The van der Waals surface area contributed by atoms with Gasteiger partial charge in [-0.1, -0.05) is 5.16 Å². The van der Waals surface area contributed by atoms with E-state index in [4.69, 9.17) is 0 Å². The van der Waals surface area contributed by atoms with Gasteiger partial charge < -0.3 is 9.84 Å². The quantitative estimate of drug-likeness (QED) is 0.807. The van der Waals surface area contributed by atoms with Crippen LogP contribution in [0.15, 0.2) is 35.2 Å². The van der Waals surface area contributed by atoms with Gasteiger partial charge in [0.2, 0.25) is 0 Å². The Hall–Kier alpha value is -1.91. The molecule has 0 radical (unpaired) electrons. The molecule has 2 rings (SSSR count). The summed E-state index contributed by atoms with van der Waals surface area (Å²) < 4.78 is 17.1. The number of aromatic nitrogens is 2. The molecule has 0 saturated carbocycles. The predicted molar refractivity (Wildman–Crippen MR) is 48.0 cm³/mol. The molecular formula is C9H8FN3O. The number of rotatable bonds is 3. The van der Waals surface area contributed by atoms with E-state index in [1.807, 2.05) is 0 Å². The highest BCUT2D eigenvalue weighted by Gasteiger charge is 1.97. The molecule has 0 aliphatic rings. The zero-order chi connectivity index (χ0) is 9.80. The average molecular weight is 193 g/mol. The minimum Gasteiger partial charge on any atom is -0.364 e. The van der Waals surface area contributed by atoms with E-state index >= 15 is 0 Å². The van der Waals surface area contributed by atoms with Gasteiger partial charge in [-0.2, -0.15) is 0 Å². The van der Waals surface area contributed by atoms with Crippen molar-refractivity contribution in [1.29, 1.82) is 0 Å². The van der Waals surface area contributed by atoms with Crippen LogP contribution < -0.4 is 5.32 Å². The molecule has 0 aromatic carbocycles. The molecule has 2 aromatic heterocycles. The fourth-order valence-corrected chi connectivity index (χ4v) is 0.990. The van der Waals surface area contributed by atoms with E-state index in [1.165, 1.54) is 12.3 Å². The Balaban J connectivity index is 1.95. The van der Waals surface area contributed by atoms with Crippen LogP contribution in [0.25, 0.3) is 0 Å². The Labute approximate surface area is 79.8 Å². The van der Waals surface area contributed by atoms with Gasteiger partial charge in [0.1, 0.15) is 23.6 Å². The van der Waals surface area contributed by atoms with Gasteiger partial charge in [-0.25, -0.2) is 9.37 Å². The van der Waals surface area contributed by atoms with Crippen LogP contribution in [0.5, 0.6) is 0 Å². The third-order valence-corrected chi connectivity index (χ3v) is 1.67. The number of hydrogen-bond donors (Lipinski definition) is 1. The lowest BCUT2D eigenvalue weighted by atomic mass is 10.4. The first-order valence-electron chi connectivity index (χ1n) is 4.09. The number of pyridine rings is 1. The van der Waals surface area contributed by atoms with Crippen LogP contribution in [-0.2, 0) is 6.54 Å². The van der Waals surface area contributed by atoms with Crippen molar-refractivity contribution in [3.8, 4) is 0 Å². The molecule has 0 aliphatic carbocycles. The largest absolute Gasteiger partial charge is 0.364 e. The van der Waals surface area contributed by atoms with E-state index in [9.17, 15) is 4.39 Å². The van der Waals surface area contributed by atoms with Crippen molar-refractivity contribution in [2.24, 2.45) is 0 Å². The summed E-state index contributed by atoms with van der Waals surface area (Å²) in [6.45, 7) is 0.509. The van der Waals surface area contributed by atoms with Crippen LogP contribution in [0.3, 0.4) is 0 Å². The average Bonchev–Trinajstić information content (AvgIpc) is 2.70. The maximum Gasteiger partial charge on any atom is 0.141 e. The Bertz CT molecular complexity index is 385.